The summed E-state index contributed by atoms with van der Waals surface area (Å²) in [6.07, 6.45) is 5.08. The summed E-state index contributed by atoms with van der Waals surface area (Å²) in [5, 5.41) is 6.37. The summed E-state index contributed by atoms with van der Waals surface area (Å²) in [7, 11) is 0. The van der Waals surface area contributed by atoms with E-state index < -0.39 is 0 Å². The maximum atomic E-state index is 12.3. The maximum absolute atomic E-state index is 12.3. The Hall–Kier alpha value is -3.78. The van der Waals surface area contributed by atoms with E-state index in [0.29, 0.717) is 23.0 Å². The van der Waals surface area contributed by atoms with E-state index in [2.05, 4.69) is 15.6 Å². The smallest absolute Gasteiger partial charge is 0.251 e. The summed E-state index contributed by atoms with van der Waals surface area (Å²) >= 11 is 1.34. The van der Waals surface area contributed by atoms with Crippen molar-refractivity contribution in [3.63, 3.8) is 0 Å². The maximum Gasteiger partial charge on any atom is 0.251 e. The zero-order valence-corrected chi connectivity index (χ0v) is 17.3. The Labute approximate surface area is 183 Å². The van der Waals surface area contributed by atoms with Gasteiger partial charge < -0.3 is 15.1 Å². The van der Waals surface area contributed by atoms with Crippen molar-refractivity contribution in [2.24, 2.45) is 0 Å². The van der Waals surface area contributed by atoms with Gasteiger partial charge in [0, 0.05) is 29.3 Å². The van der Waals surface area contributed by atoms with Crippen LogP contribution in [0.25, 0.3) is 5.69 Å². The van der Waals surface area contributed by atoms with Crippen LogP contribution in [0.4, 0.5) is 5.69 Å². The van der Waals surface area contributed by atoms with E-state index in [9.17, 15) is 9.59 Å². The minimum absolute atomic E-state index is 0.102. The van der Waals surface area contributed by atoms with Gasteiger partial charge in [-0.3, -0.25) is 14.2 Å². The summed E-state index contributed by atoms with van der Waals surface area (Å²) in [5.41, 5.74) is 2.16. The summed E-state index contributed by atoms with van der Waals surface area (Å²) in [6.45, 7) is 0.334. The number of hydrogen-bond donors (Lipinski definition) is 2. The lowest BCUT2D eigenvalue weighted by atomic mass is 10.2. The molecule has 0 saturated heterocycles. The van der Waals surface area contributed by atoms with Crippen LogP contribution in [-0.2, 0) is 11.3 Å². The summed E-state index contributed by atoms with van der Waals surface area (Å²) < 4.78 is 7.10. The fraction of sp³-hybridized carbons (Fsp3) is 0.0870. The van der Waals surface area contributed by atoms with Gasteiger partial charge in [0.25, 0.3) is 5.91 Å². The van der Waals surface area contributed by atoms with Crippen molar-refractivity contribution in [3.05, 3.63) is 96.7 Å². The number of rotatable bonds is 8. The Morgan fingerprint density at radius 1 is 1.00 bits per heavy atom. The van der Waals surface area contributed by atoms with Crippen molar-refractivity contribution < 1.29 is 14.0 Å². The number of hydrogen-bond acceptors (Lipinski definition) is 5. The number of nitrogens with zero attached hydrogens (tertiary/aromatic N) is 2. The van der Waals surface area contributed by atoms with Crippen molar-refractivity contribution in [2.45, 2.75) is 11.7 Å². The zero-order chi connectivity index (χ0) is 21.5. The van der Waals surface area contributed by atoms with E-state index in [4.69, 9.17) is 4.42 Å². The van der Waals surface area contributed by atoms with Gasteiger partial charge in [-0.25, -0.2) is 4.98 Å². The van der Waals surface area contributed by atoms with Crippen LogP contribution in [0.2, 0.25) is 0 Å². The lowest BCUT2D eigenvalue weighted by Crippen LogP contribution is -2.22. The second-order valence-corrected chi connectivity index (χ2v) is 7.53. The number of furan rings is 1. The van der Waals surface area contributed by atoms with Crippen LogP contribution >= 0.6 is 11.8 Å². The quantitative estimate of drug-likeness (QED) is 0.409. The van der Waals surface area contributed by atoms with Gasteiger partial charge in [-0.15, -0.1) is 0 Å². The molecule has 2 N–H and O–H groups in total. The first-order valence-corrected chi connectivity index (χ1v) is 10.6. The number of imidazole rings is 1. The van der Waals surface area contributed by atoms with Crippen LogP contribution in [0.1, 0.15) is 16.1 Å². The van der Waals surface area contributed by atoms with E-state index in [1.54, 1.807) is 30.7 Å². The molecule has 4 rings (SSSR count). The molecule has 2 aromatic heterocycles. The largest absolute Gasteiger partial charge is 0.467 e. The fourth-order valence-corrected chi connectivity index (χ4v) is 3.67. The van der Waals surface area contributed by atoms with Crippen molar-refractivity contribution in [1.29, 1.82) is 0 Å². The second-order valence-electron chi connectivity index (χ2n) is 6.59. The molecule has 2 heterocycles. The van der Waals surface area contributed by atoms with E-state index in [1.165, 1.54) is 11.8 Å². The molecule has 0 radical (unpaired) electrons. The average molecular weight is 433 g/mol. The van der Waals surface area contributed by atoms with Crippen molar-refractivity contribution in [3.8, 4) is 5.69 Å². The second kappa shape index (κ2) is 9.82. The fourth-order valence-electron chi connectivity index (χ4n) is 2.90. The zero-order valence-electron chi connectivity index (χ0n) is 16.5. The Morgan fingerprint density at radius 3 is 2.55 bits per heavy atom. The molecule has 7 nitrogen and oxygen atoms in total. The van der Waals surface area contributed by atoms with Crippen molar-refractivity contribution >= 4 is 29.3 Å². The van der Waals surface area contributed by atoms with Crippen LogP contribution in [-0.4, -0.2) is 27.1 Å². The molecule has 0 spiro atoms. The lowest BCUT2D eigenvalue weighted by Gasteiger charge is -2.09. The standard InChI is InChI=1S/C23H20N4O3S/c28-21(26-18-5-2-1-3-6-18)16-31-23-24-12-13-27(23)19-10-8-17(9-11-19)22(29)25-15-20-7-4-14-30-20/h1-14H,15-16H2,(H,25,29)(H,26,28). The molecule has 0 aliphatic rings. The van der Waals surface area contributed by atoms with Crippen molar-refractivity contribution in [2.75, 3.05) is 11.1 Å². The first-order valence-electron chi connectivity index (χ1n) is 9.61. The lowest BCUT2D eigenvalue weighted by molar-refractivity contribution is -0.113. The highest BCUT2D eigenvalue weighted by Crippen LogP contribution is 2.21. The number of amides is 2. The molecule has 0 atom stereocenters. The van der Waals surface area contributed by atoms with Gasteiger partial charge in [0.05, 0.1) is 18.6 Å². The number of carbonyl (C=O) groups is 2. The summed E-state index contributed by atoms with van der Waals surface area (Å²) in [4.78, 5) is 28.9. The van der Waals surface area contributed by atoms with Crippen LogP contribution in [0.3, 0.4) is 0 Å². The molecule has 0 aliphatic carbocycles. The normalized spacial score (nSPS) is 10.6. The molecular formula is C23H20N4O3S. The van der Waals surface area contributed by atoms with Gasteiger partial charge in [0.2, 0.25) is 5.91 Å². The molecule has 4 aromatic rings. The average Bonchev–Trinajstić information content (AvgIpc) is 3.49. The highest BCUT2D eigenvalue weighted by atomic mass is 32.2. The SMILES string of the molecule is O=C(CSc1nccn1-c1ccc(C(=O)NCc2ccco2)cc1)Nc1ccccc1. The molecule has 0 unspecified atom stereocenters. The number of para-hydroxylation sites is 1. The number of carbonyl (C=O) groups excluding carboxylic acids is 2. The van der Waals surface area contributed by atoms with Crippen LogP contribution in [0.5, 0.6) is 0 Å². The predicted molar refractivity (Wildman–Crippen MR) is 119 cm³/mol. The van der Waals surface area contributed by atoms with E-state index in [-0.39, 0.29) is 17.6 Å². The first-order chi connectivity index (χ1) is 15.2. The number of nitrogens with one attached hydrogen (secondary N) is 2. The van der Waals surface area contributed by atoms with E-state index >= 15 is 0 Å². The van der Waals surface area contributed by atoms with Gasteiger partial charge in [0.15, 0.2) is 5.16 Å². The molecule has 8 heteroatoms. The van der Waals surface area contributed by atoms with Gasteiger partial charge in [-0.2, -0.15) is 0 Å². The Morgan fingerprint density at radius 2 is 1.81 bits per heavy atom. The molecule has 0 fully saturated rings. The van der Waals surface area contributed by atoms with E-state index in [1.807, 2.05) is 59.3 Å². The Bertz CT molecular complexity index is 1140. The minimum Gasteiger partial charge on any atom is -0.467 e. The Balaban J connectivity index is 1.35. The van der Waals surface area contributed by atoms with E-state index in [0.717, 1.165) is 11.4 Å². The third-order valence-corrected chi connectivity index (χ3v) is 5.37. The molecule has 0 bridgehead atoms. The molecule has 2 aromatic carbocycles. The summed E-state index contributed by atoms with van der Waals surface area (Å²) in [5.74, 6) is 0.649. The predicted octanol–water partition coefficient (Wildman–Crippen LogP) is 4.13. The van der Waals surface area contributed by atoms with Gasteiger partial charge in [-0.05, 0) is 48.5 Å². The molecule has 2 amide bonds. The number of aromatic nitrogens is 2. The third-order valence-electron chi connectivity index (χ3n) is 4.41. The number of thioether (sulfide) groups is 1. The molecule has 31 heavy (non-hydrogen) atoms. The molecular weight excluding hydrogens is 412 g/mol. The minimum atomic E-state index is -0.180. The molecule has 156 valence electrons. The summed E-state index contributed by atoms with van der Waals surface area (Å²) in [6, 6.07) is 20.1. The molecule has 0 saturated carbocycles. The van der Waals surface area contributed by atoms with Crippen LogP contribution in [0.15, 0.2) is 95.0 Å². The number of benzene rings is 2. The highest BCUT2D eigenvalue weighted by molar-refractivity contribution is 7.99. The van der Waals surface area contributed by atoms with Crippen LogP contribution < -0.4 is 10.6 Å². The highest BCUT2D eigenvalue weighted by Gasteiger charge is 2.11. The van der Waals surface area contributed by atoms with Gasteiger partial charge in [-0.1, -0.05) is 30.0 Å². The number of anilines is 1. The first kappa shape index (κ1) is 20.5. The van der Waals surface area contributed by atoms with Crippen LogP contribution in [0, 0.1) is 0 Å². The topological polar surface area (TPSA) is 89.2 Å². The van der Waals surface area contributed by atoms with Gasteiger partial charge in [0.1, 0.15) is 5.76 Å². The molecule has 0 aliphatic heterocycles. The Kier molecular flexibility index (Phi) is 6.49. The van der Waals surface area contributed by atoms with Crippen molar-refractivity contribution in [1.82, 2.24) is 14.9 Å². The third kappa shape index (κ3) is 5.43. The monoisotopic (exact) mass is 432 g/mol. The van der Waals surface area contributed by atoms with Gasteiger partial charge >= 0.3 is 0 Å².